The number of aliphatic hydroxyl groups excluding tert-OH is 1. The molecule has 0 aliphatic carbocycles. The van der Waals surface area contributed by atoms with Gasteiger partial charge in [0, 0.05) is 18.2 Å². The monoisotopic (exact) mass is 498 g/mol. The summed E-state index contributed by atoms with van der Waals surface area (Å²) < 4.78 is 15.7. The fourth-order valence-electron chi connectivity index (χ4n) is 4.13. The van der Waals surface area contributed by atoms with Gasteiger partial charge in [-0.25, -0.2) is 0 Å². The average molecular weight is 498 g/mol. The molecule has 9 heteroatoms. The molecule has 1 atom stereocenters. The van der Waals surface area contributed by atoms with Crippen LogP contribution < -0.4 is 19.1 Å². The number of nitriles is 1. The van der Waals surface area contributed by atoms with Crippen molar-refractivity contribution in [3.05, 3.63) is 89.0 Å². The van der Waals surface area contributed by atoms with Gasteiger partial charge in [0.25, 0.3) is 11.7 Å². The van der Waals surface area contributed by atoms with Crippen LogP contribution in [0, 0.1) is 11.3 Å². The van der Waals surface area contributed by atoms with Gasteiger partial charge in [-0.1, -0.05) is 12.1 Å². The number of esters is 1. The zero-order valence-corrected chi connectivity index (χ0v) is 20.2. The van der Waals surface area contributed by atoms with E-state index in [1.807, 2.05) is 6.07 Å². The van der Waals surface area contributed by atoms with E-state index >= 15 is 0 Å². The Hall–Kier alpha value is -5.10. The van der Waals surface area contributed by atoms with Gasteiger partial charge in [-0.2, -0.15) is 5.26 Å². The van der Waals surface area contributed by atoms with Crippen LogP contribution in [-0.4, -0.2) is 37.0 Å². The van der Waals surface area contributed by atoms with Gasteiger partial charge in [0.2, 0.25) is 0 Å². The minimum atomic E-state index is -1.01. The van der Waals surface area contributed by atoms with Crippen LogP contribution >= 0.6 is 0 Å². The number of benzene rings is 3. The van der Waals surface area contributed by atoms with E-state index in [4.69, 9.17) is 19.5 Å². The normalized spacial score (nSPS) is 16.3. The number of anilines is 1. The van der Waals surface area contributed by atoms with Crippen molar-refractivity contribution >= 4 is 29.1 Å². The second-order valence-electron chi connectivity index (χ2n) is 8.06. The zero-order valence-electron chi connectivity index (χ0n) is 20.2. The lowest BCUT2D eigenvalue weighted by Gasteiger charge is -2.25. The van der Waals surface area contributed by atoms with Crippen molar-refractivity contribution in [2.75, 3.05) is 19.1 Å². The van der Waals surface area contributed by atoms with E-state index in [2.05, 4.69) is 0 Å². The van der Waals surface area contributed by atoms with Crippen LogP contribution in [0.4, 0.5) is 5.69 Å². The highest BCUT2D eigenvalue weighted by molar-refractivity contribution is 6.51. The third kappa shape index (κ3) is 4.73. The first kappa shape index (κ1) is 25.0. The number of carbonyl (C=O) groups excluding carboxylic acids is 3. The molecule has 4 rings (SSSR count). The quantitative estimate of drug-likeness (QED) is 0.177. The van der Waals surface area contributed by atoms with Crippen molar-refractivity contribution in [2.45, 2.75) is 13.0 Å². The lowest BCUT2D eigenvalue weighted by Crippen LogP contribution is -2.29. The van der Waals surface area contributed by atoms with Gasteiger partial charge in [0.05, 0.1) is 37.5 Å². The van der Waals surface area contributed by atoms with E-state index in [0.29, 0.717) is 28.3 Å². The van der Waals surface area contributed by atoms with Gasteiger partial charge in [0.15, 0.2) is 11.5 Å². The molecule has 1 fully saturated rings. The Morgan fingerprint density at radius 3 is 2.16 bits per heavy atom. The summed E-state index contributed by atoms with van der Waals surface area (Å²) in [5, 5.41) is 20.5. The van der Waals surface area contributed by atoms with E-state index in [-0.39, 0.29) is 16.9 Å². The van der Waals surface area contributed by atoms with Gasteiger partial charge in [0.1, 0.15) is 11.5 Å². The Kier molecular flexibility index (Phi) is 6.93. The Morgan fingerprint density at radius 2 is 1.59 bits per heavy atom. The topological polar surface area (TPSA) is 126 Å². The highest BCUT2D eigenvalue weighted by Gasteiger charge is 2.47. The second kappa shape index (κ2) is 10.3. The Bertz CT molecular complexity index is 1450. The standard InChI is InChI=1S/C28H22N2O7/c1-16(31)37-21-11-6-18(7-12-21)25-24(26(32)19-8-13-22(35-2)23(14-19)36-3)27(33)28(34)30(25)20-9-4-17(15-29)5-10-20/h4-14,25,32H,1-3H3/b26-24-. The maximum absolute atomic E-state index is 13.3. The van der Waals surface area contributed by atoms with Crippen molar-refractivity contribution in [2.24, 2.45) is 0 Å². The molecule has 1 saturated heterocycles. The first-order chi connectivity index (χ1) is 17.8. The second-order valence-corrected chi connectivity index (χ2v) is 8.06. The van der Waals surface area contributed by atoms with E-state index in [9.17, 15) is 19.5 Å². The molecule has 37 heavy (non-hydrogen) atoms. The van der Waals surface area contributed by atoms with Crippen molar-refractivity contribution in [1.29, 1.82) is 5.26 Å². The van der Waals surface area contributed by atoms with E-state index in [1.165, 1.54) is 56.4 Å². The Labute approximate surface area is 212 Å². The van der Waals surface area contributed by atoms with Crippen LogP contribution in [0.1, 0.15) is 29.7 Å². The molecule has 1 aliphatic rings. The Morgan fingerprint density at radius 1 is 0.946 bits per heavy atom. The molecule has 0 radical (unpaired) electrons. The van der Waals surface area contributed by atoms with Crippen LogP contribution in [-0.2, 0) is 14.4 Å². The van der Waals surface area contributed by atoms with E-state index in [0.717, 1.165) is 0 Å². The van der Waals surface area contributed by atoms with Gasteiger partial charge in [-0.15, -0.1) is 0 Å². The van der Waals surface area contributed by atoms with E-state index in [1.54, 1.807) is 36.4 Å². The fourth-order valence-corrected chi connectivity index (χ4v) is 4.13. The van der Waals surface area contributed by atoms with Crippen LogP contribution in [0.2, 0.25) is 0 Å². The van der Waals surface area contributed by atoms with Crippen LogP contribution in [0.3, 0.4) is 0 Å². The molecule has 0 saturated carbocycles. The molecule has 1 heterocycles. The third-order valence-corrected chi connectivity index (χ3v) is 5.83. The largest absolute Gasteiger partial charge is 0.507 e. The molecule has 0 spiro atoms. The molecular formula is C28H22N2O7. The summed E-state index contributed by atoms with van der Waals surface area (Å²) in [4.78, 5) is 39.2. The summed E-state index contributed by atoms with van der Waals surface area (Å²) in [5.41, 5.74) is 1.34. The number of ketones is 1. The number of rotatable bonds is 6. The summed E-state index contributed by atoms with van der Waals surface area (Å²) in [5.74, 6) is -1.59. The van der Waals surface area contributed by atoms with Crippen molar-refractivity contribution in [3.63, 3.8) is 0 Å². The molecule has 3 aromatic rings. The van der Waals surface area contributed by atoms with Gasteiger partial charge >= 0.3 is 5.97 Å². The molecule has 1 unspecified atom stereocenters. The number of ether oxygens (including phenoxy) is 3. The molecule has 0 bridgehead atoms. The van der Waals surface area contributed by atoms with Crippen molar-refractivity contribution < 1.29 is 33.7 Å². The first-order valence-electron chi connectivity index (χ1n) is 11.1. The van der Waals surface area contributed by atoms with Crippen LogP contribution in [0.25, 0.3) is 5.76 Å². The number of hydrogen-bond acceptors (Lipinski definition) is 8. The maximum atomic E-state index is 13.3. The molecule has 3 aromatic carbocycles. The van der Waals surface area contributed by atoms with Crippen LogP contribution in [0.5, 0.6) is 17.2 Å². The van der Waals surface area contributed by atoms with Crippen LogP contribution in [0.15, 0.2) is 72.3 Å². The number of amides is 1. The lowest BCUT2D eigenvalue weighted by molar-refractivity contribution is -0.132. The smallest absolute Gasteiger partial charge is 0.308 e. The first-order valence-corrected chi connectivity index (χ1v) is 11.1. The van der Waals surface area contributed by atoms with Crippen molar-refractivity contribution in [3.8, 4) is 23.3 Å². The van der Waals surface area contributed by atoms with Gasteiger partial charge in [-0.3, -0.25) is 19.3 Å². The SMILES string of the molecule is COc1ccc(/C(O)=C2/C(=O)C(=O)N(c3ccc(C#N)cc3)C2c2ccc(OC(C)=O)cc2)cc1OC. The number of nitrogens with zero attached hydrogens (tertiary/aromatic N) is 2. The summed E-state index contributed by atoms with van der Waals surface area (Å²) in [6, 6.07) is 18.1. The molecule has 9 nitrogen and oxygen atoms in total. The molecular weight excluding hydrogens is 476 g/mol. The lowest BCUT2D eigenvalue weighted by atomic mass is 9.95. The molecule has 0 aromatic heterocycles. The van der Waals surface area contributed by atoms with Gasteiger partial charge < -0.3 is 19.3 Å². The minimum Gasteiger partial charge on any atom is -0.507 e. The minimum absolute atomic E-state index is 0.137. The summed E-state index contributed by atoms with van der Waals surface area (Å²) >= 11 is 0. The number of methoxy groups -OCH3 is 2. The van der Waals surface area contributed by atoms with Gasteiger partial charge in [-0.05, 0) is 60.2 Å². The summed E-state index contributed by atoms with van der Waals surface area (Å²) in [6.07, 6.45) is 0. The Balaban J connectivity index is 1.90. The predicted octanol–water partition coefficient (Wildman–Crippen LogP) is 4.13. The number of Topliss-reactive ketones (excluding diaryl/α,β-unsaturated/α-hetero) is 1. The predicted molar refractivity (Wildman–Crippen MR) is 133 cm³/mol. The summed E-state index contributed by atoms with van der Waals surface area (Å²) in [7, 11) is 2.91. The van der Waals surface area contributed by atoms with Crippen molar-refractivity contribution in [1.82, 2.24) is 0 Å². The number of hydrogen-bond donors (Lipinski definition) is 1. The highest BCUT2D eigenvalue weighted by atomic mass is 16.5. The van der Waals surface area contributed by atoms with E-state index < -0.39 is 29.5 Å². The molecule has 1 amide bonds. The zero-order chi connectivity index (χ0) is 26.7. The summed E-state index contributed by atoms with van der Waals surface area (Å²) in [6.45, 7) is 1.27. The molecule has 1 N–H and O–H groups in total. The number of carbonyl (C=O) groups is 3. The fraction of sp³-hybridized carbons (Fsp3) is 0.143. The third-order valence-electron chi connectivity index (χ3n) is 5.83. The molecule has 186 valence electrons. The molecule has 1 aliphatic heterocycles. The highest BCUT2D eigenvalue weighted by Crippen LogP contribution is 2.43. The average Bonchev–Trinajstić information content (AvgIpc) is 3.18. The number of aliphatic hydroxyl groups is 1. The maximum Gasteiger partial charge on any atom is 0.308 e.